The molecule has 1 N–H and O–H groups in total. The quantitative estimate of drug-likeness (QED) is 0.771. The van der Waals surface area contributed by atoms with E-state index in [0.29, 0.717) is 0 Å². The molecule has 1 heterocycles. The first kappa shape index (κ1) is 11.3. The minimum Gasteiger partial charge on any atom is -0.384 e. The standard InChI is InChI=1S/C14H19NO/c1-11-8-9-13(10-15-11)14(16)12-6-4-2-3-5-7-12/h6,8-10,14,16H,2-5,7H2,1H3. The lowest BCUT2D eigenvalue weighted by Gasteiger charge is -2.14. The molecular weight excluding hydrogens is 198 g/mol. The van der Waals surface area contributed by atoms with Gasteiger partial charge in [0.05, 0.1) is 0 Å². The second kappa shape index (κ2) is 5.26. The molecule has 86 valence electrons. The molecule has 0 aromatic carbocycles. The van der Waals surface area contributed by atoms with Gasteiger partial charge >= 0.3 is 0 Å². The number of pyridine rings is 1. The van der Waals surface area contributed by atoms with Crippen molar-refractivity contribution in [1.82, 2.24) is 4.98 Å². The molecule has 2 nitrogen and oxygen atoms in total. The van der Waals surface area contributed by atoms with E-state index in [1.807, 2.05) is 19.1 Å². The molecule has 0 aliphatic heterocycles. The van der Waals surface area contributed by atoms with Gasteiger partial charge in [0.2, 0.25) is 0 Å². The lowest BCUT2D eigenvalue weighted by Crippen LogP contribution is -2.02. The van der Waals surface area contributed by atoms with E-state index < -0.39 is 6.10 Å². The molecule has 2 heteroatoms. The topological polar surface area (TPSA) is 33.1 Å². The second-order valence-corrected chi connectivity index (χ2v) is 4.51. The maximum absolute atomic E-state index is 10.3. The van der Waals surface area contributed by atoms with Crippen molar-refractivity contribution in [2.45, 2.75) is 45.1 Å². The highest BCUT2D eigenvalue weighted by Gasteiger charge is 2.14. The minimum absolute atomic E-state index is 0.453. The van der Waals surface area contributed by atoms with E-state index in [9.17, 15) is 5.11 Å². The van der Waals surface area contributed by atoms with E-state index in [4.69, 9.17) is 0 Å². The van der Waals surface area contributed by atoms with Crippen molar-refractivity contribution < 1.29 is 5.11 Å². The van der Waals surface area contributed by atoms with Crippen LogP contribution in [0.1, 0.15) is 49.5 Å². The average Bonchev–Trinajstić information content (AvgIpc) is 2.57. The third kappa shape index (κ3) is 2.70. The lowest BCUT2D eigenvalue weighted by molar-refractivity contribution is 0.210. The Morgan fingerprint density at radius 2 is 2.12 bits per heavy atom. The number of aliphatic hydroxyl groups is 1. The van der Waals surface area contributed by atoms with Gasteiger partial charge in [-0.2, -0.15) is 0 Å². The number of aliphatic hydroxyl groups excluding tert-OH is 1. The fraction of sp³-hybridized carbons (Fsp3) is 0.500. The van der Waals surface area contributed by atoms with Gasteiger partial charge in [0.15, 0.2) is 0 Å². The molecule has 1 atom stereocenters. The van der Waals surface area contributed by atoms with Crippen LogP contribution in [0.3, 0.4) is 0 Å². The monoisotopic (exact) mass is 217 g/mol. The summed E-state index contributed by atoms with van der Waals surface area (Å²) in [6, 6.07) is 3.93. The van der Waals surface area contributed by atoms with Crippen LogP contribution in [0.15, 0.2) is 30.0 Å². The second-order valence-electron chi connectivity index (χ2n) is 4.51. The molecule has 1 aromatic rings. The van der Waals surface area contributed by atoms with Crippen LogP contribution in [0.2, 0.25) is 0 Å². The number of rotatable bonds is 2. The summed E-state index contributed by atoms with van der Waals surface area (Å²) >= 11 is 0. The van der Waals surface area contributed by atoms with Crippen LogP contribution in [0, 0.1) is 6.92 Å². The molecule has 0 bridgehead atoms. The minimum atomic E-state index is -0.453. The largest absolute Gasteiger partial charge is 0.384 e. The van der Waals surface area contributed by atoms with Crippen LogP contribution in [0.4, 0.5) is 0 Å². The summed E-state index contributed by atoms with van der Waals surface area (Å²) in [6.45, 7) is 1.96. The van der Waals surface area contributed by atoms with Gasteiger partial charge in [-0.1, -0.05) is 18.6 Å². The molecule has 0 radical (unpaired) electrons. The summed E-state index contributed by atoms with van der Waals surface area (Å²) in [6.07, 6.45) is 9.39. The maximum Gasteiger partial charge on any atom is 0.102 e. The number of allylic oxidation sites excluding steroid dienone is 1. The van der Waals surface area contributed by atoms with E-state index in [1.54, 1.807) is 6.20 Å². The zero-order valence-corrected chi connectivity index (χ0v) is 9.82. The predicted molar refractivity (Wildman–Crippen MR) is 65.1 cm³/mol. The summed E-state index contributed by atoms with van der Waals surface area (Å²) in [4.78, 5) is 4.23. The first-order valence-corrected chi connectivity index (χ1v) is 6.07. The summed E-state index contributed by atoms with van der Waals surface area (Å²) in [5.41, 5.74) is 3.08. The Labute approximate surface area is 97.0 Å². The van der Waals surface area contributed by atoms with Crippen molar-refractivity contribution in [2.75, 3.05) is 0 Å². The zero-order chi connectivity index (χ0) is 11.4. The zero-order valence-electron chi connectivity index (χ0n) is 9.82. The summed E-state index contributed by atoms with van der Waals surface area (Å²) in [5, 5.41) is 10.3. The average molecular weight is 217 g/mol. The molecule has 2 rings (SSSR count). The first-order chi connectivity index (χ1) is 7.77. The van der Waals surface area contributed by atoms with Crippen molar-refractivity contribution >= 4 is 0 Å². The molecule has 16 heavy (non-hydrogen) atoms. The highest BCUT2D eigenvalue weighted by molar-refractivity contribution is 5.25. The van der Waals surface area contributed by atoms with Crippen molar-refractivity contribution in [3.63, 3.8) is 0 Å². The molecule has 0 fully saturated rings. The molecule has 0 saturated carbocycles. The van der Waals surface area contributed by atoms with Crippen LogP contribution in [0.5, 0.6) is 0 Å². The molecule has 0 amide bonds. The van der Waals surface area contributed by atoms with Gasteiger partial charge in [-0.15, -0.1) is 0 Å². The predicted octanol–water partition coefficient (Wildman–Crippen LogP) is 3.31. The fourth-order valence-electron chi connectivity index (χ4n) is 2.14. The Kier molecular flexibility index (Phi) is 3.73. The molecule has 1 aliphatic rings. The van der Waals surface area contributed by atoms with Gasteiger partial charge in [-0.25, -0.2) is 0 Å². The Balaban J connectivity index is 2.14. The van der Waals surface area contributed by atoms with Gasteiger partial charge in [0, 0.05) is 17.5 Å². The van der Waals surface area contributed by atoms with E-state index in [2.05, 4.69) is 11.1 Å². The van der Waals surface area contributed by atoms with Gasteiger partial charge in [0.25, 0.3) is 0 Å². The Morgan fingerprint density at radius 1 is 1.25 bits per heavy atom. The lowest BCUT2D eigenvalue weighted by atomic mass is 9.99. The summed E-state index contributed by atoms with van der Waals surface area (Å²) in [5.74, 6) is 0. The normalized spacial score (nSPS) is 18.8. The van der Waals surface area contributed by atoms with Crippen LogP contribution in [0.25, 0.3) is 0 Å². The third-order valence-electron chi connectivity index (χ3n) is 3.18. The fourth-order valence-corrected chi connectivity index (χ4v) is 2.14. The van der Waals surface area contributed by atoms with Gasteiger partial charge in [0.1, 0.15) is 6.10 Å². The van der Waals surface area contributed by atoms with Crippen molar-refractivity contribution in [3.05, 3.63) is 41.2 Å². The van der Waals surface area contributed by atoms with Crippen molar-refractivity contribution in [2.24, 2.45) is 0 Å². The molecule has 1 aliphatic carbocycles. The number of nitrogens with zero attached hydrogens (tertiary/aromatic N) is 1. The number of hydrogen-bond acceptors (Lipinski definition) is 2. The molecule has 1 aromatic heterocycles. The highest BCUT2D eigenvalue weighted by Crippen LogP contribution is 2.28. The summed E-state index contributed by atoms with van der Waals surface area (Å²) < 4.78 is 0. The van der Waals surface area contributed by atoms with E-state index in [1.165, 1.54) is 24.8 Å². The van der Waals surface area contributed by atoms with Gasteiger partial charge in [-0.3, -0.25) is 4.98 Å². The smallest absolute Gasteiger partial charge is 0.102 e. The van der Waals surface area contributed by atoms with Crippen LogP contribution < -0.4 is 0 Å². The van der Waals surface area contributed by atoms with Gasteiger partial charge in [-0.05, 0) is 44.2 Å². The molecular formula is C14H19NO. The maximum atomic E-state index is 10.3. The number of aryl methyl sites for hydroxylation is 1. The molecule has 1 unspecified atom stereocenters. The molecule has 0 spiro atoms. The van der Waals surface area contributed by atoms with Gasteiger partial charge < -0.3 is 5.11 Å². The highest BCUT2D eigenvalue weighted by atomic mass is 16.3. The Hall–Kier alpha value is -1.15. The van der Waals surface area contributed by atoms with E-state index in [-0.39, 0.29) is 0 Å². The van der Waals surface area contributed by atoms with E-state index >= 15 is 0 Å². The number of aromatic nitrogens is 1. The molecule has 0 saturated heterocycles. The summed E-state index contributed by atoms with van der Waals surface area (Å²) in [7, 11) is 0. The van der Waals surface area contributed by atoms with E-state index in [0.717, 1.165) is 24.1 Å². The van der Waals surface area contributed by atoms with Crippen LogP contribution in [-0.4, -0.2) is 10.1 Å². The first-order valence-electron chi connectivity index (χ1n) is 6.07. The third-order valence-corrected chi connectivity index (χ3v) is 3.18. The van der Waals surface area contributed by atoms with Crippen LogP contribution in [-0.2, 0) is 0 Å². The Morgan fingerprint density at radius 3 is 2.88 bits per heavy atom. The number of hydrogen-bond donors (Lipinski definition) is 1. The van der Waals surface area contributed by atoms with Crippen molar-refractivity contribution in [1.29, 1.82) is 0 Å². The van der Waals surface area contributed by atoms with Crippen LogP contribution >= 0.6 is 0 Å². The SMILES string of the molecule is Cc1ccc(C(O)C2=CCCCCC2)cn1. The Bertz CT molecular complexity index is 367. The van der Waals surface area contributed by atoms with Crippen molar-refractivity contribution in [3.8, 4) is 0 Å².